The molecule has 4 heteroatoms. The van der Waals surface area contributed by atoms with Crippen molar-refractivity contribution in [1.29, 1.82) is 0 Å². The Hall–Kier alpha value is -1.58. The quantitative estimate of drug-likeness (QED) is 0.737. The van der Waals surface area contributed by atoms with Crippen molar-refractivity contribution >= 4 is 11.9 Å². The standard InChI is InChI=1S/C14H20O4/c1-9-6-7-11(8-14(17)18)12(10(9)2)4-3-5-13(15)16/h3-4,6-7,9-12H,5,8H2,1-2H3,(H,15,16)(H,17,18). The minimum atomic E-state index is -0.868. The second kappa shape index (κ2) is 6.38. The first-order chi connectivity index (χ1) is 8.41. The van der Waals surface area contributed by atoms with Crippen molar-refractivity contribution in [3.05, 3.63) is 24.3 Å². The number of hydrogen-bond donors (Lipinski definition) is 2. The van der Waals surface area contributed by atoms with Crippen molar-refractivity contribution in [1.82, 2.24) is 0 Å². The van der Waals surface area contributed by atoms with Gasteiger partial charge in [0, 0.05) is 0 Å². The van der Waals surface area contributed by atoms with Gasteiger partial charge in [0.1, 0.15) is 0 Å². The summed E-state index contributed by atoms with van der Waals surface area (Å²) in [5.74, 6) is -0.922. The maximum Gasteiger partial charge on any atom is 0.307 e. The minimum Gasteiger partial charge on any atom is -0.481 e. The van der Waals surface area contributed by atoms with E-state index in [-0.39, 0.29) is 24.7 Å². The van der Waals surface area contributed by atoms with Crippen LogP contribution in [0.4, 0.5) is 0 Å². The minimum absolute atomic E-state index is 0.0128. The molecule has 0 aliphatic heterocycles. The van der Waals surface area contributed by atoms with Gasteiger partial charge in [-0.25, -0.2) is 0 Å². The Morgan fingerprint density at radius 2 is 1.83 bits per heavy atom. The molecule has 0 aromatic carbocycles. The molecule has 1 aliphatic rings. The van der Waals surface area contributed by atoms with Gasteiger partial charge in [-0.05, 0) is 23.7 Å². The van der Waals surface area contributed by atoms with E-state index in [9.17, 15) is 9.59 Å². The zero-order valence-electron chi connectivity index (χ0n) is 10.7. The van der Waals surface area contributed by atoms with Gasteiger partial charge in [-0.3, -0.25) is 9.59 Å². The van der Waals surface area contributed by atoms with E-state index >= 15 is 0 Å². The van der Waals surface area contributed by atoms with Crippen LogP contribution in [0, 0.1) is 23.7 Å². The number of aliphatic carboxylic acids is 2. The molecule has 0 aromatic rings. The Balaban J connectivity index is 2.79. The van der Waals surface area contributed by atoms with Crippen LogP contribution >= 0.6 is 0 Å². The Labute approximate surface area is 107 Å². The van der Waals surface area contributed by atoms with E-state index in [1.165, 1.54) is 0 Å². The Morgan fingerprint density at radius 1 is 1.17 bits per heavy atom. The first-order valence-electron chi connectivity index (χ1n) is 6.20. The van der Waals surface area contributed by atoms with Gasteiger partial charge in [-0.15, -0.1) is 0 Å². The molecule has 4 atom stereocenters. The van der Waals surface area contributed by atoms with Crippen LogP contribution in [0.15, 0.2) is 24.3 Å². The molecule has 1 aliphatic carbocycles. The largest absolute Gasteiger partial charge is 0.481 e. The number of rotatable bonds is 5. The van der Waals surface area contributed by atoms with Gasteiger partial charge < -0.3 is 10.2 Å². The zero-order valence-corrected chi connectivity index (χ0v) is 10.7. The molecule has 0 spiro atoms. The Morgan fingerprint density at radius 3 is 2.39 bits per heavy atom. The van der Waals surface area contributed by atoms with Gasteiger partial charge in [0.25, 0.3) is 0 Å². The molecule has 0 saturated heterocycles. The molecule has 0 radical (unpaired) electrons. The second-order valence-corrected chi connectivity index (χ2v) is 4.97. The van der Waals surface area contributed by atoms with Crippen LogP contribution in [0.2, 0.25) is 0 Å². The summed E-state index contributed by atoms with van der Waals surface area (Å²) >= 11 is 0. The molecule has 4 nitrogen and oxygen atoms in total. The predicted molar refractivity (Wildman–Crippen MR) is 68.1 cm³/mol. The molecule has 18 heavy (non-hydrogen) atoms. The van der Waals surface area contributed by atoms with E-state index in [1.54, 1.807) is 6.08 Å². The fourth-order valence-corrected chi connectivity index (χ4v) is 2.41. The van der Waals surface area contributed by atoms with Crippen LogP contribution in [0.5, 0.6) is 0 Å². The van der Waals surface area contributed by atoms with Gasteiger partial charge in [-0.1, -0.05) is 38.2 Å². The van der Waals surface area contributed by atoms with Crippen LogP contribution < -0.4 is 0 Å². The lowest BCUT2D eigenvalue weighted by molar-refractivity contribution is -0.138. The average molecular weight is 252 g/mol. The molecule has 0 saturated carbocycles. The third-order valence-corrected chi connectivity index (χ3v) is 3.65. The third kappa shape index (κ3) is 4.02. The highest BCUT2D eigenvalue weighted by Gasteiger charge is 2.30. The maximum atomic E-state index is 10.8. The van der Waals surface area contributed by atoms with Crippen LogP contribution in [-0.4, -0.2) is 22.2 Å². The van der Waals surface area contributed by atoms with Gasteiger partial charge in [0.05, 0.1) is 12.8 Å². The van der Waals surface area contributed by atoms with E-state index in [2.05, 4.69) is 19.9 Å². The lowest BCUT2D eigenvalue weighted by Crippen LogP contribution is -2.28. The van der Waals surface area contributed by atoms with E-state index in [0.717, 1.165) is 0 Å². The number of carboxylic acid groups (broad SMARTS) is 2. The van der Waals surface area contributed by atoms with E-state index in [1.807, 2.05) is 12.2 Å². The summed E-state index contributed by atoms with van der Waals surface area (Å²) < 4.78 is 0. The molecule has 0 heterocycles. The van der Waals surface area contributed by atoms with Crippen molar-refractivity contribution in [2.45, 2.75) is 26.7 Å². The lowest BCUT2D eigenvalue weighted by atomic mass is 9.71. The average Bonchev–Trinajstić information content (AvgIpc) is 2.26. The van der Waals surface area contributed by atoms with E-state index in [0.29, 0.717) is 11.8 Å². The fourth-order valence-electron chi connectivity index (χ4n) is 2.41. The maximum absolute atomic E-state index is 10.8. The van der Waals surface area contributed by atoms with Gasteiger partial charge in [0.2, 0.25) is 0 Å². The van der Waals surface area contributed by atoms with Crippen molar-refractivity contribution in [2.24, 2.45) is 23.7 Å². The molecule has 4 unspecified atom stereocenters. The third-order valence-electron chi connectivity index (χ3n) is 3.65. The SMILES string of the molecule is CC1C=CC(CC(=O)O)C(C=CCC(=O)O)C1C. The highest BCUT2D eigenvalue weighted by molar-refractivity contribution is 5.68. The Bertz CT molecular complexity index is 370. The number of hydrogen-bond acceptors (Lipinski definition) is 2. The van der Waals surface area contributed by atoms with Gasteiger partial charge in [0.15, 0.2) is 0 Å². The van der Waals surface area contributed by atoms with Crippen molar-refractivity contribution in [2.75, 3.05) is 0 Å². The molecule has 0 aromatic heterocycles. The van der Waals surface area contributed by atoms with Crippen molar-refractivity contribution in [3.63, 3.8) is 0 Å². The van der Waals surface area contributed by atoms with Crippen molar-refractivity contribution in [3.8, 4) is 0 Å². The van der Waals surface area contributed by atoms with E-state index in [4.69, 9.17) is 10.2 Å². The number of carbonyl (C=O) groups is 2. The van der Waals surface area contributed by atoms with Crippen LogP contribution in [0.25, 0.3) is 0 Å². The van der Waals surface area contributed by atoms with Crippen LogP contribution in [0.1, 0.15) is 26.7 Å². The molecule has 0 fully saturated rings. The number of carboxylic acids is 2. The first kappa shape index (κ1) is 14.5. The summed E-state index contributed by atoms with van der Waals surface area (Å²) in [6, 6.07) is 0. The number of allylic oxidation sites excluding steroid dienone is 3. The molecule has 1 rings (SSSR count). The summed E-state index contributed by atoms with van der Waals surface area (Å²) in [6.07, 6.45) is 7.59. The monoisotopic (exact) mass is 252 g/mol. The normalized spacial score (nSPS) is 31.7. The van der Waals surface area contributed by atoms with Crippen LogP contribution in [0.3, 0.4) is 0 Å². The van der Waals surface area contributed by atoms with Crippen molar-refractivity contribution < 1.29 is 19.8 Å². The summed E-state index contributed by atoms with van der Waals surface area (Å²) in [5.41, 5.74) is 0. The molecule has 0 amide bonds. The van der Waals surface area contributed by atoms with Gasteiger partial charge >= 0.3 is 11.9 Å². The molecule has 0 bridgehead atoms. The smallest absolute Gasteiger partial charge is 0.307 e. The lowest BCUT2D eigenvalue weighted by Gasteiger charge is -2.34. The summed E-state index contributed by atoms with van der Waals surface area (Å²) in [4.78, 5) is 21.3. The highest BCUT2D eigenvalue weighted by atomic mass is 16.4. The van der Waals surface area contributed by atoms with E-state index < -0.39 is 11.9 Å². The predicted octanol–water partition coefficient (Wildman–Crippen LogP) is 2.57. The summed E-state index contributed by atoms with van der Waals surface area (Å²) in [5, 5.41) is 17.5. The summed E-state index contributed by atoms with van der Waals surface area (Å²) in [6.45, 7) is 4.18. The molecular weight excluding hydrogens is 232 g/mol. The second-order valence-electron chi connectivity index (χ2n) is 4.97. The topological polar surface area (TPSA) is 74.6 Å². The zero-order chi connectivity index (χ0) is 13.7. The molecular formula is C14H20O4. The highest BCUT2D eigenvalue weighted by Crippen LogP contribution is 2.36. The first-order valence-corrected chi connectivity index (χ1v) is 6.20. The molecule has 2 N–H and O–H groups in total. The Kier molecular flexibility index (Phi) is 5.13. The summed E-state index contributed by atoms with van der Waals surface area (Å²) in [7, 11) is 0. The molecule has 100 valence electrons. The van der Waals surface area contributed by atoms with Gasteiger partial charge in [-0.2, -0.15) is 0 Å². The fraction of sp³-hybridized carbons (Fsp3) is 0.571. The van der Waals surface area contributed by atoms with Crippen LogP contribution in [-0.2, 0) is 9.59 Å².